The zero-order valence-electron chi connectivity index (χ0n) is 13.0. The number of hydrogen-bond donors (Lipinski definition) is 0. The van der Waals surface area contributed by atoms with Crippen molar-refractivity contribution in [2.75, 3.05) is 13.1 Å². The Bertz CT molecular complexity index is 623. The molecule has 0 N–H and O–H groups in total. The summed E-state index contributed by atoms with van der Waals surface area (Å²) in [6, 6.07) is 6.16. The molecule has 3 heterocycles. The summed E-state index contributed by atoms with van der Waals surface area (Å²) in [6.45, 7) is 4.11. The Balaban J connectivity index is 1.58. The zero-order valence-corrected chi connectivity index (χ0v) is 13.0. The van der Waals surface area contributed by atoms with Gasteiger partial charge in [-0.2, -0.15) is 0 Å². The van der Waals surface area contributed by atoms with E-state index < -0.39 is 0 Å². The molecular formula is C17H22N4O. The van der Waals surface area contributed by atoms with E-state index in [1.54, 1.807) is 12.5 Å². The molecule has 0 radical (unpaired) electrons. The van der Waals surface area contributed by atoms with E-state index in [2.05, 4.69) is 22.1 Å². The van der Waals surface area contributed by atoms with Crippen LogP contribution in [0.2, 0.25) is 0 Å². The van der Waals surface area contributed by atoms with Gasteiger partial charge in [0.15, 0.2) is 0 Å². The Hall–Kier alpha value is -2.17. The lowest BCUT2D eigenvalue weighted by Crippen LogP contribution is -2.42. The van der Waals surface area contributed by atoms with Gasteiger partial charge in [-0.3, -0.25) is 9.78 Å². The zero-order chi connectivity index (χ0) is 15.4. The van der Waals surface area contributed by atoms with E-state index in [1.807, 2.05) is 28.7 Å². The monoisotopic (exact) mass is 298 g/mol. The highest BCUT2D eigenvalue weighted by Crippen LogP contribution is 2.20. The van der Waals surface area contributed by atoms with Gasteiger partial charge in [0.2, 0.25) is 5.91 Å². The molecule has 2 aromatic heterocycles. The van der Waals surface area contributed by atoms with Crippen molar-refractivity contribution >= 4 is 5.91 Å². The van der Waals surface area contributed by atoms with E-state index in [0.717, 1.165) is 37.3 Å². The van der Waals surface area contributed by atoms with Crippen molar-refractivity contribution in [1.82, 2.24) is 19.4 Å². The number of nitrogens with zero attached hydrogens (tertiary/aromatic N) is 4. The second kappa shape index (κ2) is 6.73. The van der Waals surface area contributed by atoms with Gasteiger partial charge in [-0.1, -0.05) is 6.07 Å². The van der Waals surface area contributed by atoms with Gasteiger partial charge in [0.25, 0.3) is 0 Å². The van der Waals surface area contributed by atoms with E-state index >= 15 is 0 Å². The molecule has 0 saturated carbocycles. The Morgan fingerprint density at radius 2 is 2.32 bits per heavy atom. The molecule has 0 spiro atoms. The summed E-state index contributed by atoms with van der Waals surface area (Å²) in [5, 5.41) is 0. The number of pyridine rings is 1. The molecule has 1 saturated heterocycles. The fraction of sp³-hybridized carbons (Fsp3) is 0.471. The van der Waals surface area contributed by atoms with Crippen LogP contribution in [-0.4, -0.2) is 38.4 Å². The highest BCUT2D eigenvalue weighted by molar-refractivity contribution is 5.76. The number of imidazole rings is 1. The fourth-order valence-corrected chi connectivity index (χ4v) is 3.10. The first-order valence-corrected chi connectivity index (χ1v) is 7.87. The third-order valence-corrected chi connectivity index (χ3v) is 4.19. The molecule has 1 amide bonds. The first-order chi connectivity index (χ1) is 10.7. The first-order valence-electron chi connectivity index (χ1n) is 7.87. The number of carbonyl (C=O) groups is 1. The Kier molecular flexibility index (Phi) is 4.51. The highest BCUT2D eigenvalue weighted by atomic mass is 16.2. The summed E-state index contributed by atoms with van der Waals surface area (Å²) in [6.07, 6.45) is 8.43. The van der Waals surface area contributed by atoms with Crippen molar-refractivity contribution < 1.29 is 4.79 Å². The number of likely N-dealkylation sites (tertiary alicyclic amines) is 1. The first kappa shape index (κ1) is 14.8. The maximum atomic E-state index is 12.4. The van der Waals surface area contributed by atoms with Crippen LogP contribution in [0.15, 0.2) is 36.9 Å². The summed E-state index contributed by atoms with van der Waals surface area (Å²) in [5.74, 6) is 0.690. The molecule has 5 nitrogen and oxygen atoms in total. The molecule has 0 bridgehead atoms. The number of hydrogen-bond acceptors (Lipinski definition) is 3. The third-order valence-electron chi connectivity index (χ3n) is 4.19. The van der Waals surface area contributed by atoms with Crippen molar-refractivity contribution in [3.05, 3.63) is 48.3 Å². The van der Waals surface area contributed by atoms with E-state index in [-0.39, 0.29) is 5.91 Å². The smallest absolute Gasteiger partial charge is 0.242 e. The van der Waals surface area contributed by atoms with E-state index in [9.17, 15) is 4.79 Å². The predicted octanol–water partition coefficient (Wildman–Crippen LogP) is 2.07. The lowest BCUT2D eigenvalue weighted by atomic mass is 9.93. The van der Waals surface area contributed by atoms with Crippen molar-refractivity contribution in [2.24, 2.45) is 5.92 Å². The molecule has 116 valence electrons. The van der Waals surface area contributed by atoms with Crippen LogP contribution in [0.5, 0.6) is 0 Å². The topological polar surface area (TPSA) is 51.0 Å². The SMILES string of the molecule is Cc1cccc(CC2CCCN(C(=O)Cn3ccnc3)C2)n1. The minimum atomic E-state index is 0.180. The minimum absolute atomic E-state index is 0.180. The fourth-order valence-electron chi connectivity index (χ4n) is 3.10. The molecule has 0 aromatic carbocycles. The number of piperidine rings is 1. The molecule has 1 aliphatic heterocycles. The van der Waals surface area contributed by atoms with Gasteiger partial charge in [-0.15, -0.1) is 0 Å². The predicted molar refractivity (Wildman–Crippen MR) is 84.2 cm³/mol. The third kappa shape index (κ3) is 3.72. The average Bonchev–Trinajstić information content (AvgIpc) is 3.00. The number of rotatable bonds is 4. The van der Waals surface area contributed by atoms with Crippen LogP contribution in [-0.2, 0) is 17.8 Å². The molecule has 22 heavy (non-hydrogen) atoms. The van der Waals surface area contributed by atoms with Crippen LogP contribution in [0, 0.1) is 12.8 Å². The van der Waals surface area contributed by atoms with Gasteiger partial charge in [0.1, 0.15) is 6.54 Å². The largest absolute Gasteiger partial charge is 0.341 e. The number of carbonyl (C=O) groups excluding carboxylic acids is 1. The highest BCUT2D eigenvalue weighted by Gasteiger charge is 2.24. The quantitative estimate of drug-likeness (QED) is 0.868. The van der Waals surface area contributed by atoms with Crippen LogP contribution < -0.4 is 0 Å². The summed E-state index contributed by atoms with van der Waals surface area (Å²) >= 11 is 0. The van der Waals surface area contributed by atoms with Crippen LogP contribution >= 0.6 is 0 Å². The molecule has 1 unspecified atom stereocenters. The van der Waals surface area contributed by atoms with Gasteiger partial charge in [0.05, 0.1) is 6.33 Å². The molecule has 1 aliphatic rings. The number of aromatic nitrogens is 3. The summed E-state index contributed by atoms with van der Waals surface area (Å²) in [7, 11) is 0. The van der Waals surface area contributed by atoms with Crippen LogP contribution in [0.25, 0.3) is 0 Å². The second-order valence-electron chi connectivity index (χ2n) is 6.06. The summed E-state index contributed by atoms with van der Waals surface area (Å²) in [4.78, 5) is 22.9. The van der Waals surface area contributed by atoms with Gasteiger partial charge in [-0.05, 0) is 44.2 Å². The number of aryl methyl sites for hydroxylation is 1. The van der Waals surface area contributed by atoms with E-state index in [4.69, 9.17) is 0 Å². The van der Waals surface area contributed by atoms with E-state index in [0.29, 0.717) is 12.5 Å². The lowest BCUT2D eigenvalue weighted by Gasteiger charge is -2.32. The lowest BCUT2D eigenvalue weighted by molar-refractivity contribution is -0.133. The summed E-state index contributed by atoms with van der Waals surface area (Å²) in [5.41, 5.74) is 2.19. The molecule has 1 atom stereocenters. The summed E-state index contributed by atoms with van der Waals surface area (Å²) < 4.78 is 1.83. The van der Waals surface area contributed by atoms with E-state index in [1.165, 1.54) is 6.42 Å². The standard InChI is InChI=1S/C17H22N4O/c1-14-4-2-6-16(19-14)10-15-5-3-8-21(11-15)17(22)12-20-9-7-18-13-20/h2,4,6-7,9,13,15H,3,5,8,10-12H2,1H3. The maximum Gasteiger partial charge on any atom is 0.242 e. The second-order valence-corrected chi connectivity index (χ2v) is 6.06. The van der Waals surface area contributed by atoms with Crippen LogP contribution in [0.3, 0.4) is 0 Å². The Morgan fingerprint density at radius 3 is 3.09 bits per heavy atom. The van der Waals surface area contributed by atoms with Crippen molar-refractivity contribution in [1.29, 1.82) is 0 Å². The van der Waals surface area contributed by atoms with Crippen molar-refractivity contribution in [2.45, 2.75) is 32.7 Å². The van der Waals surface area contributed by atoms with Gasteiger partial charge < -0.3 is 9.47 Å². The van der Waals surface area contributed by atoms with Gasteiger partial charge in [0, 0.05) is 36.9 Å². The van der Waals surface area contributed by atoms with Crippen molar-refractivity contribution in [3.63, 3.8) is 0 Å². The maximum absolute atomic E-state index is 12.4. The van der Waals surface area contributed by atoms with Gasteiger partial charge in [-0.25, -0.2) is 4.98 Å². The Labute approximate surface area is 131 Å². The molecule has 3 rings (SSSR count). The normalized spacial score (nSPS) is 18.4. The average molecular weight is 298 g/mol. The molecule has 0 aliphatic carbocycles. The molecule has 2 aromatic rings. The Morgan fingerprint density at radius 1 is 1.41 bits per heavy atom. The van der Waals surface area contributed by atoms with Crippen molar-refractivity contribution in [3.8, 4) is 0 Å². The minimum Gasteiger partial charge on any atom is -0.341 e. The molecule has 5 heteroatoms. The molecule has 1 fully saturated rings. The number of amides is 1. The van der Waals surface area contributed by atoms with Crippen LogP contribution in [0.4, 0.5) is 0 Å². The van der Waals surface area contributed by atoms with Gasteiger partial charge >= 0.3 is 0 Å². The molecular weight excluding hydrogens is 276 g/mol. The van der Waals surface area contributed by atoms with Crippen LogP contribution in [0.1, 0.15) is 24.2 Å².